The number of nitrogens with two attached hydrogens (primary N) is 1. The number of nitrogens with zero attached hydrogens (tertiary/aromatic N) is 1. The number of anilines is 2. The van der Waals surface area contributed by atoms with Crippen molar-refractivity contribution >= 4 is 17.3 Å². The van der Waals surface area contributed by atoms with Crippen LogP contribution in [0.4, 0.5) is 20.2 Å². The molecule has 1 aliphatic rings. The third kappa shape index (κ3) is 2.33. The van der Waals surface area contributed by atoms with Crippen molar-refractivity contribution in [2.24, 2.45) is 0 Å². The number of aryl methyl sites for hydroxylation is 1. The van der Waals surface area contributed by atoms with E-state index in [9.17, 15) is 13.6 Å². The lowest BCUT2D eigenvalue weighted by atomic mass is 10.2. The Balaban J connectivity index is 1.81. The molecule has 1 amide bonds. The molecule has 110 valence electrons. The summed E-state index contributed by atoms with van der Waals surface area (Å²) >= 11 is 0. The number of hydrogen-bond donors (Lipinski definition) is 3. The topological polar surface area (TPSA) is 102 Å². The SMILES string of the molecule is Cc1[nH]nc(C(=O)Nc2ccc3c(c2)OC(F)(F)O3)c1N. The minimum absolute atomic E-state index is 0.0236. The number of H-pyrrole nitrogens is 1. The van der Waals surface area contributed by atoms with E-state index < -0.39 is 12.2 Å². The minimum atomic E-state index is -3.70. The number of rotatable bonds is 2. The monoisotopic (exact) mass is 296 g/mol. The summed E-state index contributed by atoms with van der Waals surface area (Å²) in [5.74, 6) is -0.834. The first-order chi connectivity index (χ1) is 9.85. The van der Waals surface area contributed by atoms with Gasteiger partial charge in [0.2, 0.25) is 0 Å². The van der Waals surface area contributed by atoms with Crippen LogP contribution in [0.2, 0.25) is 0 Å². The van der Waals surface area contributed by atoms with Crippen LogP contribution >= 0.6 is 0 Å². The lowest BCUT2D eigenvalue weighted by molar-refractivity contribution is -0.286. The zero-order chi connectivity index (χ0) is 15.2. The fourth-order valence-corrected chi connectivity index (χ4v) is 1.83. The lowest BCUT2D eigenvalue weighted by Gasteiger charge is -2.05. The van der Waals surface area contributed by atoms with Crippen LogP contribution in [-0.4, -0.2) is 22.4 Å². The second-order valence-electron chi connectivity index (χ2n) is 4.39. The molecule has 0 radical (unpaired) electrons. The van der Waals surface area contributed by atoms with Crippen molar-refractivity contribution in [1.29, 1.82) is 0 Å². The van der Waals surface area contributed by atoms with Crippen LogP contribution in [0.25, 0.3) is 0 Å². The van der Waals surface area contributed by atoms with Crippen molar-refractivity contribution in [1.82, 2.24) is 10.2 Å². The Hall–Kier alpha value is -2.84. The maximum atomic E-state index is 12.9. The summed E-state index contributed by atoms with van der Waals surface area (Å²) < 4.78 is 34.3. The van der Waals surface area contributed by atoms with Gasteiger partial charge < -0.3 is 20.5 Å². The highest BCUT2D eigenvalue weighted by Gasteiger charge is 2.43. The number of benzene rings is 1. The number of halogens is 2. The highest BCUT2D eigenvalue weighted by Crippen LogP contribution is 2.42. The molecule has 2 aromatic rings. The number of fused-ring (bicyclic) bond motifs is 1. The maximum absolute atomic E-state index is 12.9. The van der Waals surface area contributed by atoms with Crippen LogP contribution in [0.5, 0.6) is 11.5 Å². The van der Waals surface area contributed by atoms with E-state index in [0.29, 0.717) is 5.69 Å². The molecule has 0 atom stereocenters. The highest BCUT2D eigenvalue weighted by molar-refractivity contribution is 6.06. The summed E-state index contributed by atoms with van der Waals surface area (Å²) in [5, 5.41) is 8.83. The lowest BCUT2D eigenvalue weighted by Crippen LogP contribution is -2.25. The van der Waals surface area contributed by atoms with Crippen LogP contribution in [0.3, 0.4) is 0 Å². The van der Waals surface area contributed by atoms with Crippen LogP contribution in [0.1, 0.15) is 16.2 Å². The molecule has 4 N–H and O–H groups in total. The van der Waals surface area contributed by atoms with Gasteiger partial charge in [0, 0.05) is 11.8 Å². The predicted octanol–water partition coefficient (Wildman–Crippen LogP) is 1.87. The van der Waals surface area contributed by atoms with Gasteiger partial charge in [-0.25, -0.2) is 0 Å². The zero-order valence-corrected chi connectivity index (χ0v) is 10.7. The van der Waals surface area contributed by atoms with Crippen molar-refractivity contribution in [3.8, 4) is 11.5 Å². The molecule has 21 heavy (non-hydrogen) atoms. The first-order valence-corrected chi connectivity index (χ1v) is 5.87. The Morgan fingerprint density at radius 2 is 2.10 bits per heavy atom. The Morgan fingerprint density at radius 1 is 1.38 bits per heavy atom. The van der Waals surface area contributed by atoms with Gasteiger partial charge in [0.25, 0.3) is 5.91 Å². The Kier molecular flexibility index (Phi) is 2.71. The van der Waals surface area contributed by atoms with Crippen molar-refractivity contribution < 1.29 is 23.0 Å². The average Bonchev–Trinajstić information content (AvgIpc) is 2.88. The minimum Gasteiger partial charge on any atom is -0.395 e. The van der Waals surface area contributed by atoms with Gasteiger partial charge in [-0.3, -0.25) is 9.89 Å². The molecule has 0 spiro atoms. The molecule has 1 aromatic heterocycles. The first kappa shape index (κ1) is 13.2. The van der Waals surface area contributed by atoms with Crippen molar-refractivity contribution in [3.05, 3.63) is 29.6 Å². The molecule has 1 aromatic carbocycles. The molecule has 3 rings (SSSR count). The summed E-state index contributed by atoms with van der Waals surface area (Å²) in [6, 6.07) is 3.89. The molecule has 2 heterocycles. The molecule has 9 heteroatoms. The van der Waals surface area contributed by atoms with E-state index in [1.807, 2.05) is 0 Å². The van der Waals surface area contributed by atoms with Gasteiger partial charge in [0.15, 0.2) is 17.2 Å². The molecule has 0 aliphatic carbocycles. The van der Waals surface area contributed by atoms with Crippen LogP contribution < -0.4 is 20.5 Å². The van der Waals surface area contributed by atoms with E-state index in [-0.39, 0.29) is 28.6 Å². The molecule has 0 fully saturated rings. The standard InChI is InChI=1S/C12H10F2N4O3/c1-5-9(15)10(18-17-5)11(19)16-6-2-3-7-8(4-6)21-12(13,14)20-7/h2-4H,15H2,1H3,(H,16,19)(H,17,18). The molecule has 0 saturated heterocycles. The predicted molar refractivity (Wildman–Crippen MR) is 68.3 cm³/mol. The van der Waals surface area contributed by atoms with E-state index in [2.05, 4.69) is 25.0 Å². The van der Waals surface area contributed by atoms with Crippen molar-refractivity contribution in [3.63, 3.8) is 0 Å². The quantitative estimate of drug-likeness (QED) is 0.785. The molecular weight excluding hydrogens is 286 g/mol. The largest absolute Gasteiger partial charge is 0.586 e. The zero-order valence-electron chi connectivity index (χ0n) is 10.7. The fraction of sp³-hybridized carbons (Fsp3) is 0.167. The number of nitrogen functional groups attached to an aromatic ring is 1. The summed E-state index contributed by atoms with van der Waals surface area (Å²) in [6.07, 6.45) is -3.70. The normalized spacial score (nSPS) is 15.0. The molecule has 0 bridgehead atoms. The number of aromatic nitrogens is 2. The number of nitrogens with one attached hydrogen (secondary N) is 2. The second kappa shape index (κ2) is 4.33. The second-order valence-corrected chi connectivity index (χ2v) is 4.39. The number of carbonyl (C=O) groups is 1. The fourth-order valence-electron chi connectivity index (χ4n) is 1.83. The molecule has 0 unspecified atom stereocenters. The van der Waals surface area contributed by atoms with E-state index in [1.165, 1.54) is 18.2 Å². The third-order valence-electron chi connectivity index (χ3n) is 2.87. The van der Waals surface area contributed by atoms with Crippen LogP contribution in [0, 0.1) is 6.92 Å². The van der Waals surface area contributed by atoms with Crippen molar-refractivity contribution in [2.75, 3.05) is 11.1 Å². The first-order valence-electron chi connectivity index (χ1n) is 5.87. The van der Waals surface area contributed by atoms with E-state index in [0.717, 1.165) is 0 Å². The van der Waals surface area contributed by atoms with Gasteiger partial charge in [-0.15, -0.1) is 8.78 Å². The maximum Gasteiger partial charge on any atom is 0.586 e. The van der Waals surface area contributed by atoms with Crippen molar-refractivity contribution in [2.45, 2.75) is 13.2 Å². The molecular formula is C12H10F2N4O3. The number of aromatic amines is 1. The summed E-state index contributed by atoms with van der Waals surface area (Å²) in [7, 11) is 0. The van der Waals surface area contributed by atoms with Gasteiger partial charge in [0.05, 0.1) is 11.4 Å². The van der Waals surface area contributed by atoms with E-state index >= 15 is 0 Å². The Bertz CT molecular complexity index is 729. The smallest absolute Gasteiger partial charge is 0.395 e. The van der Waals surface area contributed by atoms with Gasteiger partial charge in [-0.1, -0.05) is 0 Å². The van der Waals surface area contributed by atoms with Gasteiger partial charge >= 0.3 is 6.29 Å². The number of hydrogen-bond acceptors (Lipinski definition) is 5. The summed E-state index contributed by atoms with van der Waals surface area (Å²) in [6.45, 7) is 1.67. The third-order valence-corrected chi connectivity index (χ3v) is 2.87. The molecule has 7 nitrogen and oxygen atoms in total. The van der Waals surface area contributed by atoms with Gasteiger partial charge in [-0.05, 0) is 19.1 Å². The van der Waals surface area contributed by atoms with Gasteiger partial charge in [-0.2, -0.15) is 5.10 Å². The Morgan fingerprint density at radius 3 is 2.76 bits per heavy atom. The summed E-state index contributed by atoms with van der Waals surface area (Å²) in [5.41, 5.74) is 6.74. The summed E-state index contributed by atoms with van der Waals surface area (Å²) in [4.78, 5) is 12.0. The molecule has 1 aliphatic heterocycles. The Labute approximate surface area is 117 Å². The number of alkyl halides is 2. The number of ether oxygens (including phenoxy) is 2. The number of carbonyl (C=O) groups excluding carboxylic acids is 1. The average molecular weight is 296 g/mol. The molecule has 0 saturated carbocycles. The van der Waals surface area contributed by atoms with E-state index in [1.54, 1.807) is 6.92 Å². The highest BCUT2D eigenvalue weighted by atomic mass is 19.3. The van der Waals surface area contributed by atoms with E-state index in [4.69, 9.17) is 5.73 Å². The van der Waals surface area contributed by atoms with Gasteiger partial charge in [0.1, 0.15) is 0 Å². The number of amides is 1. The van der Waals surface area contributed by atoms with Crippen LogP contribution in [0.15, 0.2) is 18.2 Å². The van der Waals surface area contributed by atoms with Crippen LogP contribution in [-0.2, 0) is 0 Å².